The van der Waals surface area contributed by atoms with Gasteiger partial charge in [-0.15, -0.1) is 0 Å². The second-order valence-electron chi connectivity index (χ2n) is 8.24. The fourth-order valence-corrected chi connectivity index (χ4v) is 3.82. The molecule has 6 nitrogen and oxygen atoms in total. The van der Waals surface area contributed by atoms with Gasteiger partial charge in [-0.1, -0.05) is 38.7 Å². The maximum atomic E-state index is 12.5. The molecule has 0 bridgehead atoms. The number of hydrogen-bond donors (Lipinski definition) is 2. The highest BCUT2D eigenvalue weighted by Crippen LogP contribution is 2.15. The lowest BCUT2D eigenvalue weighted by Crippen LogP contribution is -2.50. The summed E-state index contributed by atoms with van der Waals surface area (Å²) in [4.78, 5) is 14.8. The molecule has 1 amide bonds. The topological polar surface area (TPSA) is 71.0 Å². The maximum absolute atomic E-state index is 12.5. The Bertz CT molecular complexity index is 533. The number of likely N-dealkylation sites (tertiary alicyclic amines) is 1. The van der Waals surface area contributed by atoms with E-state index in [9.17, 15) is 9.90 Å². The lowest BCUT2D eigenvalue weighted by molar-refractivity contribution is -0.122. The Balaban J connectivity index is 1.91. The molecule has 0 aliphatic carbocycles. The summed E-state index contributed by atoms with van der Waals surface area (Å²) in [5, 5.41) is 14.1. The minimum absolute atomic E-state index is 0.0416. The van der Waals surface area contributed by atoms with Gasteiger partial charge >= 0.3 is 0 Å². The monoisotopic (exact) mass is 408 g/mol. The zero-order valence-corrected chi connectivity index (χ0v) is 18.3. The lowest BCUT2D eigenvalue weighted by Gasteiger charge is -2.29. The van der Waals surface area contributed by atoms with Crippen LogP contribution in [0.5, 0.6) is 0 Å². The maximum Gasteiger partial charge on any atom is 0.220 e. The van der Waals surface area contributed by atoms with Crippen LogP contribution in [0.1, 0.15) is 65.2 Å². The van der Waals surface area contributed by atoms with Gasteiger partial charge in [0.1, 0.15) is 19.0 Å². The molecule has 0 unspecified atom stereocenters. The number of carbonyl (C=O) groups excluding carboxylic acids is 1. The highest BCUT2D eigenvalue weighted by Gasteiger charge is 2.26. The summed E-state index contributed by atoms with van der Waals surface area (Å²) in [5.41, 5.74) is 0.819. The van der Waals surface area contributed by atoms with E-state index in [2.05, 4.69) is 17.1 Å². The van der Waals surface area contributed by atoms with Crippen LogP contribution in [-0.2, 0) is 14.3 Å². The van der Waals surface area contributed by atoms with E-state index in [-0.39, 0.29) is 11.9 Å². The zero-order valence-electron chi connectivity index (χ0n) is 18.3. The van der Waals surface area contributed by atoms with Crippen LogP contribution in [0.4, 0.5) is 0 Å². The molecule has 2 aliphatic heterocycles. The molecule has 29 heavy (non-hydrogen) atoms. The fraction of sp³-hybridized carbons (Fsp3) is 0.783. The molecule has 0 saturated carbocycles. The van der Waals surface area contributed by atoms with Crippen molar-refractivity contribution in [3.63, 3.8) is 0 Å². The highest BCUT2D eigenvalue weighted by molar-refractivity contribution is 5.76. The summed E-state index contributed by atoms with van der Waals surface area (Å²) in [5.74, 6) is 0.815. The normalized spacial score (nSPS) is 21.8. The summed E-state index contributed by atoms with van der Waals surface area (Å²) in [7, 11) is 0. The van der Waals surface area contributed by atoms with E-state index in [1.807, 2.05) is 19.1 Å². The molecule has 2 rings (SSSR count). The highest BCUT2D eigenvalue weighted by atomic mass is 16.6. The summed E-state index contributed by atoms with van der Waals surface area (Å²) in [6.45, 7) is 8.49. The van der Waals surface area contributed by atoms with Gasteiger partial charge in [0.15, 0.2) is 0 Å². The first-order chi connectivity index (χ1) is 14.1. The SMILES string of the molecule is CCCCCCCC(=O)N[C@H](CN1CCCC1)[C@H](O)/C(C)=C/C=C1\COCCO1. The third kappa shape index (κ3) is 9.32. The largest absolute Gasteiger partial charge is 0.493 e. The molecular formula is C23H40N2O4. The number of ether oxygens (including phenoxy) is 2. The number of aliphatic hydroxyl groups excluding tert-OH is 1. The van der Waals surface area contributed by atoms with Gasteiger partial charge in [-0.25, -0.2) is 0 Å². The second kappa shape index (κ2) is 13.8. The molecule has 2 N–H and O–H groups in total. The van der Waals surface area contributed by atoms with Crippen molar-refractivity contribution in [2.24, 2.45) is 0 Å². The molecule has 0 aromatic carbocycles. The third-order valence-electron chi connectivity index (χ3n) is 5.65. The van der Waals surface area contributed by atoms with Crippen molar-refractivity contribution >= 4 is 5.91 Å². The Hall–Kier alpha value is -1.37. The van der Waals surface area contributed by atoms with Crippen molar-refractivity contribution in [2.75, 3.05) is 39.5 Å². The van der Waals surface area contributed by atoms with E-state index in [4.69, 9.17) is 9.47 Å². The van der Waals surface area contributed by atoms with Gasteiger partial charge in [-0.05, 0) is 50.9 Å². The first-order valence-corrected chi connectivity index (χ1v) is 11.4. The van der Waals surface area contributed by atoms with Crippen LogP contribution < -0.4 is 5.32 Å². The summed E-state index contributed by atoms with van der Waals surface area (Å²) < 4.78 is 10.9. The number of aliphatic hydroxyl groups is 1. The number of rotatable bonds is 12. The van der Waals surface area contributed by atoms with Gasteiger partial charge in [0.05, 0.1) is 18.8 Å². The van der Waals surface area contributed by atoms with Crippen LogP contribution in [-0.4, -0.2) is 67.5 Å². The number of nitrogens with one attached hydrogen (secondary N) is 1. The number of nitrogens with zero attached hydrogens (tertiary/aromatic N) is 1. The molecule has 2 heterocycles. The van der Waals surface area contributed by atoms with E-state index < -0.39 is 6.10 Å². The van der Waals surface area contributed by atoms with Gasteiger partial charge in [-0.2, -0.15) is 0 Å². The van der Waals surface area contributed by atoms with Crippen LogP contribution in [0, 0.1) is 0 Å². The van der Waals surface area contributed by atoms with E-state index in [0.29, 0.717) is 32.8 Å². The standard InChI is InChI=1S/C23H40N2O4/c1-3-4-5-6-7-10-22(26)24-21(17-25-13-8-9-14-25)23(27)19(2)11-12-20-18-28-15-16-29-20/h11-12,21,23,27H,3-10,13-18H2,1-2H3,(H,24,26)/b19-11+,20-12+/t21-,23-/m1/s1. The van der Waals surface area contributed by atoms with E-state index in [1.165, 1.54) is 32.1 Å². The molecule has 0 aromatic rings. The minimum atomic E-state index is -0.721. The summed E-state index contributed by atoms with van der Waals surface area (Å²) in [6.07, 6.45) is 11.5. The fourth-order valence-electron chi connectivity index (χ4n) is 3.82. The van der Waals surface area contributed by atoms with E-state index in [0.717, 1.165) is 37.3 Å². The molecular weight excluding hydrogens is 368 g/mol. The van der Waals surface area contributed by atoms with Crippen LogP contribution in [0.3, 0.4) is 0 Å². The van der Waals surface area contributed by atoms with Crippen molar-refractivity contribution in [3.05, 3.63) is 23.5 Å². The summed E-state index contributed by atoms with van der Waals surface area (Å²) >= 11 is 0. The Morgan fingerprint density at radius 1 is 1.21 bits per heavy atom. The van der Waals surface area contributed by atoms with Gasteiger partial charge in [0.25, 0.3) is 0 Å². The Labute approximate surface area is 176 Å². The molecule has 2 saturated heterocycles. The second-order valence-corrected chi connectivity index (χ2v) is 8.24. The first-order valence-electron chi connectivity index (χ1n) is 11.4. The Kier molecular flexibility index (Phi) is 11.4. The van der Waals surface area contributed by atoms with Crippen molar-refractivity contribution in [3.8, 4) is 0 Å². The van der Waals surface area contributed by atoms with Crippen LogP contribution in [0.2, 0.25) is 0 Å². The van der Waals surface area contributed by atoms with Crippen molar-refractivity contribution < 1.29 is 19.4 Å². The van der Waals surface area contributed by atoms with Gasteiger partial charge in [0, 0.05) is 13.0 Å². The number of hydrogen-bond acceptors (Lipinski definition) is 5. The minimum Gasteiger partial charge on any atom is -0.493 e. The molecule has 166 valence electrons. The number of allylic oxidation sites excluding steroid dienone is 2. The molecule has 6 heteroatoms. The number of carbonyl (C=O) groups is 1. The molecule has 2 atom stereocenters. The molecule has 0 aromatic heterocycles. The Morgan fingerprint density at radius 2 is 1.97 bits per heavy atom. The van der Waals surface area contributed by atoms with Gasteiger partial charge in [0.2, 0.25) is 5.91 Å². The van der Waals surface area contributed by atoms with Gasteiger partial charge in [-0.3, -0.25) is 4.79 Å². The van der Waals surface area contributed by atoms with E-state index in [1.54, 1.807) is 0 Å². The van der Waals surface area contributed by atoms with Crippen molar-refractivity contribution in [1.29, 1.82) is 0 Å². The molecule has 0 radical (unpaired) electrons. The number of amides is 1. The lowest BCUT2D eigenvalue weighted by atomic mass is 10.0. The summed E-state index contributed by atoms with van der Waals surface area (Å²) in [6, 6.07) is -0.297. The average molecular weight is 409 g/mol. The predicted molar refractivity (Wildman–Crippen MR) is 116 cm³/mol. The molecule has 2 aliphatic rings. The first kappa shape index (κ1) is 23.9. The third-order valence-corrected chi connectivity index (χ3v) is 5.65. The van der Waals surface area contributed by atoms with Crippen LogP contribution in [0.25, 0.3) is 0 Å². The Morgan fingerprint density at radius 3 is 2.66 bits per heavy atom. The quantitative estimate of drug-likeness (QED) is 0.486. The van der Waals surface area contributed by atoms with Crippen LogP contribution in [0.15, 0.2) is 23.5 Å². The van der Waals surface area contributed by atoms with Crippen molar-refractivity contribution in [2.45, 2.75) is 77.4 Å². The average Bonchev–Trinajstić information content (AvgIpc) is 3.24. The number of unbranched alkanes of at least 4 members (excludes halogenated alkanes) is 4. The molecule has 0 spiro atoms. The van der Waals surface area contributed by atoms with Crippen LogP contribution >= 0.6 is 0 Å². The van der Waals surface area contributed by atoms with Crippen molar-refractivity contribution in [1.82, 2.24) is 10.2 Å². The van der Waals surface area contributed by atoms with E-state index >= 15 is 0 Å². The predicted octanol–water partition coefficient (Wildman–Crippen LogP) is 3.17. The van der Waals surface area contributed by atoms with Gasteiger partial charge < -0.3 is 24.8 Å². The smallest absolute Gasteiger partial charge is 0.220 e. The zero-order chi connectivity index (χ0) is 20.9. The molecule has 2 fully saturated rings.